The number of carbonyl (C=O) groups is 1. The van der Waals surface area contributed by atoms with Gasteiger partial charge in [0.2, 0.25) is 17.6 Å². The average molecular weight is 763 g/mol. The molecule has 17 heteroatoms. The van der Waals surface area contributed by atoms with E-state index in [0.717, 1.165) is 24.0 Å². The van der Waals surface area contributed by atoms with Crippen LogP contribution in [-0.4, -0.2) is 107 Å². The molecule has 4 fully saturated rings. The number of fused-ring (bicyclic) bond motifs is 3. The van der Waals surface area contributed by atoms with Gasteiger partial charge in [-0.05, 0) is 31.2 Å². The van der Waals surface area contributed by atoms with Crippen LogP contribution < -0.4 is 19.3 Å². The zero-order valence-corrected chi connectivity index (χ0v) is 29.7. The highest BCUT2D eigenvalue weighted by molar-refractivity contribution is 6.06. The van der Waals surface area contributed by atoms with Crippen molar-refractivity contribution in [1.29, 1.82) is 0 Å². The van der Waals surface area contributed by atoms with Crippen molar-refractivity contribution in [2.24, 2.45) is 0 Å². The Labute approximate surface area is 312 Å². The first-order valence-corrected chi connectivity index (χ1v) is 18.2. The second-order valence-electron chi connectivity index (χ2n) is 14.3. The number of furan rings is 1. The number of ether oxygens (including phenoxy) is 5. The van der Waals surface area contributed by atoms with Crippen LogP contribution in [-0.2, 0) is 25.2 Å². The Kier molecular flexibility index (Phi) is 8.89. The molecule has 0 aliphatic carbocycles. The maximum atomic E-state index is 14.2. The second-order valence-corrected chi connectivity index (χ2v) is 14.3. The average Bonchev–Trinajstić information content (AvgIpc) is 3.77. The number of pyridine rings is 2. The highest BCUT2D eigenvalue weighted by atomic mass is 19.4. The summed E-state index contributed by atoms with van der Waals surface area (Å²) in [5.74, 6) is -2.17. The number of anilines is 2. The Morgan fingerprint density at radius 1 is 0.945 bits per heavy atom. The van der Waals surface area contributed by atoms with E-state index in [0.29, 0.717) is 62.1 Å². The van der Waals surface area contributed by atoms with Crippen LogP contribution in [0.3, 0.4) is 0 Å². The number of para-hydroxylation sites is 1. The maximum absolute atomic E-state index is 14.2. The molecule has 1 N–H and O–H groups in total. The van der Waals surface area contributed by atoms with Crippen LogP contribution in [0, 0.1) is 0 Å². The van der Waals surface area contributed by atoms with Crippen molar-refractivity contribution in [1.82, 2.24) is 19.9 Å². The van der Waals surface area contributed by atoms with Gasteiger partial charge in [-0.3, -0.25) is 0 Å². The molecule has 5 aromatic rings. The Hall–Kier alpha value is -5.26. The number of hydrogen-bond donors (Lipinski definition) is 1. The van der Waals surface area contributed by atoms with Gasteiger partial charge in [0.05, 0.1) is 45.6 Å². The molecule has 1 spiro atoms. The molecule has 4 aromatic heterocycles. The number of morpholine rings is 1. The Morgan fingerprint density at radius 3 is 2.47 bits per heavy atom. The second kappa shape index (κ2) is 13.8. The van der Waals surface area contributed by atoms with E-state index in [9.17, 15) is 23.1 Å². The van der Waals surface area contributed by atoms with E-state index in [1.807, 2.05) is 25.1 Å². The van der Waals surface area contributed by atoms with Crippen LogP contribution in [0.2, 0.25) is 0 Å². The molecule has 0 bridgehead atoms. The molecular weight excluding hydrogens is 725 g/mol. The molecule has 3 atom stereocenters. The molecule has 9 rings (SSSR count). The van der Waals surface area contributed by atoms with Gasteiger partial charge in [-0.1, -0.05) is 12.1 Å². The van der Waals surface area contributed by atoms with E-state index in [1.165, 1.54) is 4.90 Å². The fourth-order valence-electron chi connectivity index (χ4n) is 7.79. The number of carboxylic acids is 1. The minimum atomic E-state index is -4.90. The standard InChI is InChI=1S/C38H37F3N6O8/c1-21-37(19-51-20-37)52-13-10-46(21)27-14-23(22-6-7-30(42-16-22)53-24-8-11-50-12-9-24)17-43-34(27)54-25-15-28(35(48)49)47(18-25)33-32-31(44-36(45-33)38(39,40)41)26-4-2-3-5-29(26)55-32/h2-7,14,16-17,21,24-25,28H,8-13,15,18-20H2,1H3,(H,48,49)/t21-,25-,28-/m0/s1. The van der Waals surface area contributed by atoms with Crippen molar-refractivity contribution < 1.29 is 51.2 Å². The molecule has 0 radical (unpaired) electrons. The van der Waals surface area contributed by atoms with E-state index in [1.54, 1.807) is 36.7 Å². The third-order valence-electron chi connectivity index (χ3n) is 10.9. The molecule has 1 aromatic carbocycles. The van der Waals surface area contributed by atoms with Gasteiger partial charge in [-0.2, -0.15) is 13.2 Å². The van der Waals surface area contributed by atoms with Crippen LogP contribution in [0.1, 0.15) is 32.0 Å². The molecule has 288 valence electrons. The van der Waals surface area contributed by atoms with Gasteiger partial charge in [0, 0.05) is 60.8 Å². The highest BCUT2D eigenvalue weighted by Crippen LogP contribution is 2.42. The lowest BCUT2D eigenvalue weighted by molar-refractivity contribution is -0.228. The number of aliphatic carboxylic acids is 1. The first-order chi connectivity index (χ1) is 26.6. The molecule has 14 nitrogen and oxygen atoms in total. The summed E-state index contributed by atoms with van der Waals surface area (Å²) in [6.07, 6.45) is -0.757. The Balaban J connectivity index is 1.05. The smallest absolute Gasteiger partial charge is 0.451 e. The van der Waals surface area contributed by atoms with E-state index in [2.05, 4.69) is 19.9 Å². The number of nitrogens with zero attached hydrogens (tertiary/aromatic N) is 6. The lowest BCUT2D eigenvalue weighted by Gasteiger charge is -2.53. The van der Waals surface area contributed by atoms with Crippen molar-refractivity contribution >= 4 is 39.5 Å². The quantitative estimate of drug-likeness (QED) is 0.211. The first kappa shape index (κ1) is 35.4. The van der Waals surface area contributed by atoms with Gasteiger partial charge < -0.3 is 43.0 Å². The number of carboxylic acid groups (broad SMARTS) is 1. The molecule has 55 heavy (non-hydrogen) atoms. The third-order valence-corrected chi connectivity index (χ3v) is 10.9. The van der Waals surface area contributed by atoms with Gasteiger partial charge in [-0.25, -0.2) is 24.7 Å². The first-order valence-electron chi connectivity index (χ1n) is 18.2. The van der Waals surface area contributed by atoms with Gasteiger partial charge >= 0.3 is 12.1 Å². The topological polar surface area (TPSA) is 155 Å². The summed E-state index contributed by atoms with van der Waals surface area (Å²) in [4.78, 5) is 33.1. The van der Waals surface area contributed by atoms with Crippen LogP contribution in [0.4, 0.5) is 24.7 Å². The van der Waals surface area contributed by atoms with Gasteiger partial charge in [-0.15, -0.1) is 0 Å². The third kappa shape index (κ3) is 6.53. The molecule has 0 saturated carbocycles. The molecule has 4 saturated heterocycles. The number of alkyl halides is 3. The van der Waals surface area contributed by atoms with Crippen molar-refractivity contribution in [3.63, 3.8) is 0 Å². The van der Waals surface area contributed by atoms with Crippen LogP contribution in [0.25, 0.3) is 33.2 Å². The molecule has 0 amide bonds. The summed E-state index contributed by atoms with van der Waals surface area (Å²) in [6.45, 7) is 5.04. The minimum absolute atomic E-state index is 0.0421. The number of hydrogen-bond acceptors (Lipinski definition) is 13. The monoisotopic (exact) mass is 762 g/mol. The number of aromatic nitrogens is 4. The van der Waals surface area contributed by atoms with Crippen molar-refractivity contribution in [3.8, 4) is 22.9 Å². The van der Waals surface area contributed by atoms with Crippen molar-refractivity contribution in [3.05, 3.63) is 60.7 Å². The largest absolute Gasteiger partial charge is 0.480 e. The summed E-state index contributed by atoms with van der Waals surface area (Å²) in [6, 6.07) is 10.8. The number of benzene rings is 1. The van der Waals surface area contributed by atoms with E-state index >= 15 is 0 Å². The van der Waals surface area contributed by atoms with Crippen molar-refractivity contribution in [2.75, 3.05) is 55.9 Å². The lowest BCUT2D eigenvalue weighted by Crippen LogP contribution is -2.68. The predicted molar refractivity (Wildman–Crippen MR) is 190 cm³/mol. The zero-order valence-electron chi connectivity index (χ0n) is 29.7. The molecule has 4 aliphatic heterocycles. The summed E-state index contributed by atoms with van der Waals surface area (Å²) in [5.41, 5.74) is 1.87. The fraction of sp³-hybridized carbons (Fsp3) is 0.447. The lowest BCUT2D eigenvalue weighted by atomic mass is 9.90. The van der Waals surface area contributed by atoms with Crippen LogP contribution >= 0.6 is 0 Å². The van der Waals surface area contributed by atoms with E-state index < -0.39 is 35.7 Å². The summed E-state index contributed by atoms with van der Waals surface area (Å²) in [5, 5.41) is 10.7. The van der Waals surface area contributed by atoms with Gasteiger partial charge in [0.1, 0.15) is 40.6 Å². The maximum Gasteiger partial charge on any atom is 0.451 e. The van der Waals surface area contributed by atoms with Crippen LogP contribution in [0.5, 0.6) is 11.8 Å². The predicted octanol–water partition coefficient (Wildman–Crippen LogP) is 5.51. The van der Waals surface area contributed by atoms with Crippen LogP contribution in [0.15, 0.2) is 59.3 Å². The SMILES string of the molecule is C[C@@H]1N(c2cc(-c3ccc(OC4CCOCC4)nc3)cnc2O[C@H]2C[C@@H](C(=O)O)N(c3nc(C(F)(F)F)nc4c3oc3ccccc34)C2)CCOC12COC2. The number of halogens is 3. The fourth-order valence-corrected chi connectivity index (χ4v) is 7.79. The minimum Gasteiger partial charge on any atom is -0.480 e. The molecule has 4 aliphatic rings. The highest BCUT2D eigenvalue weighted by Gasteiger charge is 2.50. The molecular formula is C38H37F3N6O8. The summed E-state index contributed by atoms with van der Waals surface area (Å²) >= 11 is 0. The Morgan fingerprint density at radius 2 is 1.75 bits per heavy atom. The summed E-state index contributed by atoms with van der Waals surface area (Å²) in [7, 11) is 0. The zero-order chi connectivity index (χ0) is 37.9. The summed E-state index contributed by atoms with van der Waals surface area (Å²) < 4.78 is 78.2. The van der Waals surface area contributed by atoms with Crippen molar-refractivity contribution in [2.45, 2.75) is 62.3 Å². The number of rotatable bonds is 8. The Bertz CT molecular complexity index is 2230. The van der Waals surface area contributed by atoms with Gasteiger partial charge in [0.15, 0.2) is 11.4 Å². The van der Waals surface area contributed by atoms with Gasteiger partial charge in [0.25, 0.3) is 0 Å². The normalized spacial score (nSPS) is 23.0. The molecule has 8 heterocycles. The van der Waals surface area contributed by atoms with E-state index in [4.69, 9.17) is 33.1 Å². The van der Waals surface area contributed by atoms with E-state index in [-0.39, 0.29) is 47.9 Å². The molecule has 0 unspecified atom stereocenters.